The average Bonchev–Trinajstić information content (AvgIpc) is 3.21. The first-order valence-corrected chi connectivity index (χ1v) is 9.27. The molecule has 0 bridgehead atoms. The van der Waals surface area contributed by atoms with Gasteiger partial charge in [-0.25, -0.2) is 18.9 Å². The van der Waals surface area contributed by atoms with Gasteiger partial charge in [-0.1, -0.05) is 38.8 Å². The lowest BCUT2D eigenvalue weighted by Gasteiger charge is -2.26. The lowest BCUT2D eigenvalue weighted by molar-refractivity contribution is 0.0692. The van der Waals surface area contributed by atoms with Crippen LogP contribution in [0.4, 0.5) is 15.8 Å². The molecule has 1 heterocycles. The van der Waals surface area contributed by atoms with E-state index in [-0.39, 0.29) is 11.6 Å². The van der Waals surface area contributed by atoms with Crippen LogP contribution in [0.15, 0.2) is 55.1 Å². The molecule has 146 valence electrons. The molecular weight excluding hydrogens is 359 g/mol. The highest BCUT2D eigenvalue weighted by Crippen LogP contribution is 2.31. The van der Waals surface area contributed by atoms with Gasteiger partial charge in [0.2, 0.25) is 0 Å². The summed E-state index contributed by atoms with van der Waals surface area (Å²) in [7, 11) is 0. The maximum atomic E-state index is 13.9. The molecule has 1 aromatic heterocycles. The van der Waals surface area contributed by atoms with Crippen LogP contribution in [0.25, 0.3) is 0 Å². The summed E-state index contributed by atoms with van der Waals surface area (Å²) in [4.78, 5) is 15.0. The molecule has 7 heteroatoms. The van der Waals surface area contributed by atoms with Crippen molar-refractivity contribution in [3.8, 4) is 0 Å². The van der Waals surface area contributed by atoms with Gasteiger partial charge in [-0.05, 0) is 41.8 Å². The van der Waals surface area contributed by atoms with E-state index in [2.05, 4.69) is 29.2 Å². The van der Waals surface area contributed by atoms with Crippen LogP contribution in [-0.4, -0.2) is 25.8 Å². The topological polar surface area (TPSA) is 80.0 Å². The zero-order valence-corrected chi connectivity index (χ0v) is 15.8. The van der Waals surface area contributed by atoms with Crippen molar-refractivity contribution >= 4 is 17.3 Å². The largest absolute Gasteiger partial charge is 0.478 e. The van der Waals surface area contributed by atoms with Crippen molar-refractivity contribution in [2.75, 3.05) is 5.32 Å². The van der Waals surface area contributed by atoms with Gasteiger partial charge in [0.1, 0.15) is 18.5 Å². The second-order valence-electron chi connectivity index (χ2n) is 6.64. The third kappa shape index (κ3) is 4.19. The Morgan fingerprint density at radius 3 is 2.36 bits per heavy atom. The van der Waals surface area contributed by atoms with Crippen LogP contribution in [0.3, 0.4) is 0 Å². The van der Waals surface area contributed by atoms with Gasteiger partial charge >= 0.3 is 5.97 Å². The van der Waals surface area contributed by atoms with Crippen molar-refractivity contribution in [3.05, 3.63) is 72.1 Å². The van der Waals surface area contributed by atoms with Crippen LogP contribution in [-0.2, 0) is 0 Å². The van der Waals surface area contributed by atoms with Crippen LogP contribution < -0.4 is 5.32 Å². The molecule has 2 N–H and O–H groups in total. The highest BCUT2D eigenvalue weighted by Gasteiger charge is 2.23. The van der Waals surface area contributed by atoms with E-state index < -0.39 is 11.8 Å². The minimum absolute atomic E-state index is 0.0962. The van der Waals surface area contributed by atoms with Crippen LogP contribution in [0.1, 0.15) is 48.7 Å². The molecule has 0 fully saturated rings. The minimum atomic E-state index is -1.28. The van der Waals surface area contributed by atoms with Crippen molar-refractivity contribution in [1.29, 1.82) is 0 Å². The van der Waals surface area contributed by atoms with E-state index in [9.17, 15) is 9.18 Å². The number of aromatic nitrogens is 3. The van der Waals surface area contributed by atoms with Crippen molar-refractivity contribution in [2.24, 2.45) is 5.92 Å². The molecule has 6 nitrogen and oxygen atoms in total. The molecule has 0 saturated heterocycles. The molecule has 2 aromatic carbocycles. The van der Waals surface area contributed by atoms with Gasteiger partial charge in [0, 0.05) is 11.4 Å². The van der Waals surface area contributed by atoms with E-state index >= 15 is 0 Å². The maximum Gasteiger partial charge on any atom is 0.338 e. The van der Waals surface area contributed by atoms with Gasteiger partial charge in [-0.3, -0.25) is 0 Å². The van der Waals surface area contributed by atoms with Gasteiger partial charge in [-0.15, -0.1) is 0 Å². The predicted octanol–water partition coefficient (Wildman–Crippen LogP) is 4.88. The summed E-state index contributed by atoms with van der Waals surface area (Å²) in [6, 6.07) is 12.0. The number of nitrogens with one attached hydrogen (secondary N) is 1. The van der Waals surface area contributed by atoms with Crippen molar-refractivity contribution in [1.82, 2.24) is 14.8 Å². The standard InChI is InChI=1S/C21H23FN4O2/c1-3-14(4-2)20(26-13-23-12-24-26)15-5-7-16(8-6-15)25-17-9-10-18(21(27)28)19(22)11-17/h5-14,20,25H,3-4H2,1-2H3,(H,27,28). The van der Waals surface area contributed by atoms with Gasteiger partial charge in [0.15, 0.2) is 0 Å². The first-order chi connectivity index (χ1) is 13.5. The van der Waals surface area contributed by atoms with Crippen LogP contribution in [0.2, 0.25) is 0 Å². The lowest BCUT2D eigenvalue weighted by Crippen LogP contribution is -2.20. The Morgan fingerprint density at radius 2 is 1.82 bits per heavy atom. The second kappa shape index (κ2) is 8.65. The third-order valence-electron chi connectivity index (χ3n) is 4.96. The van der Waals surface area contributed by atoms with E-state index in [1.807, 2.05) is 28.9 Å². The minimum Gasteiger partial charge on any atom is -0.478 e. The zero-order valence-electron chi connectivity index (χ0n) is 15.8. The summed E-state index contributed by atoms with van der Waals surface area (Å²) in [6.07, 6.45) is 5.33. The number of hydrogen-bond acceptors (Lipinski definition) is 4. The van der Waals surface area contributed by atoms with Crippen LogP contribution in [0, 0.1) is 11.7 Å². The molecule has 28 heavy (non-hydrogen) atoms. The van der Waals surface area contributed by atoms with Crippen molar-refractivity contribution in [3.63, 3.8) is 0 Å². The van der Waals surface area contributed by atoms with Gasteiger partial charge in [-0.2, -0.15) is 5.10 Å². The first kappa shape index (κ1) is 19.5. The highest BCUT2D eigenvalue weighted by molar-refractivity contribution is 5.88. The molecule has 1 atom stereocenters. The number of rotatable bonds is 8. The summed E-state index contributed by atoms with van der Waals surface area (Å²) >= 11 is 0. The molecule has 3 aromatic rings. The Bertz CT molecular complexity index is 922. The van der Waals surface area contributed by atoms with Crippen molar-refractivity contribution < 1.29 is 14.3 Å². The third-order valence-corrected chi connectivity index (χ3v) is 4.96. The summed E-state index contributed by atoms with van der Waals surface area (Å²) in [5.74, 6) is -1.62. The molecule has 1 unspecified atom stereocenters. The highest BCUT2D eigenvalue weighted by atomic mass is 19.1. The number of nitrogens with zero attached hydrogens (tertiary/aromatic N) is 3. The number of benzene rings is 2. The van der Waals surface area contributed by atoms with Crippen molar-refractivity contribution in [2.45, 2.75) is 32.7 Å². The van der Waals surface area contributed by atoms with E-state index in [1.54, 1.807) is 18.7 Å². The average molecular weight is 382 g/mol. The molecule has 0 saturated carbocycles. The molecular formula is C21H23FN4O2. The zero-order chi connectivity index (χ0) is 20.1. The number of carboxylic acids is 1. The summed E-state index contributed by atoms with van der Waals surface area (Å²) in [6.45, 7) is 4.34. The number of aromatic carboxylic acids is 1. The number of anilines is 2. The smallest absolute Gasteiger partial charge is 0.338 e. The molecule has 0 aliphatic carbocycles. The predicted molar refractivity (Wildman–Crippen MR) is 105 cm³/mol. The molecule has 0 aliphatic heterocycles. The maximum absolute atomic E-state index is 13.9. The number of halogens is 1. The summed E-state index contributed by atoms with van der Waals surface area (Å²) < 4.78 is 15.7. The molecule has 0 amide bonds. The Kier molecular flexibility index (Phi) is 6.03. The fourth-order valence-electron chi connectivity index (χ4n) is 3.43. The molecule has 0 spiro atoms. The first-order valence-electron chi connectivity index (χ1n) is 9.27. The Hall–Kier alpha value is -3.22. The fraction of sp³-hybridized carbons (Fsp3) is 0.286. The van der Waals surface area contributed by atoms with E-state index in [4.69, 9.17) is 5.11 Å². The summed E-state index contributed by atoms with van der Waals surface area (Å²) in [5.41, 5.74) is 2.05. The lowest BCUT2D eigenvalue weighted by atomic mass is 9.89. The van der Waals surface area contributed by atoms with E-state index in [0.717, 1.165) is 24.1 Å². The Morgan fingerprint density at radius 1 is 1.14 bits per heavy atom. The SMILES string of the molecule is CCC(CC)C(c1ccc(Nc2ccc(C(=O)O)c(F)c2)cc1)n1cncn1. The van der Waals surface area contributed by atoms with Gasteiger partial charge in [0.25, 0.3) is 0 Å². The van der Waals surface area contributed by atoms with E-state index in [1.165, 1.54) is 12.1 Å². The Labute approximate surface area is 163 Å². The van der Waals surface area contributed by atoms with E-state index in [0.29, 0.717) is 11.6 Å². The van der Waals surface area contributed by atoms with Crippen LogP contribution >= 0.6 is 0 Å². The molecule has 3 rings (SSSR count). The number of carbonyl (C=O) groups is 1. The fourth-order valence-corrected chi connectivity index (χ4v) is 3.43. The van der Waals surface area contributed by atoms with Gasteiger partial charge in [0.05, 0.1) is 11.6 Å². The quantitative estimate of drug-likeness (QED) is 0.580. The Balaban J connectivity index is 1.82. The molecule has 0 aliphatic rings. The second-order valence-corrected chi connectivity index (χ2v) is 6.64. The normalized spacial score (nSPS) is 12.1. The number of carboxylic acid groups (broad SMARTS) is 1. The van der Waals surface area contributed by atoms with Crippen LogP contribution in [0.5, 0.6) is 0 Å². The monoisotopic (exact) mass is 382 g/mol. The van der Waals surface area contributed by atoms with Gasteiger partial charge < -0.3 is 10.4 Å². The number of hydrogen-bond donors (Lipinski definition) is 2. The molecule has 0 radical (unpaired) electrons. The summed E-state index contributed by atoms with van der Waals surface area (Å²) in [5, 5.41) is 16.4.